The highest BCUT2D eigenvalue weighted by Gasteiger charge is 2.26. The summed E-state index contributed by atoms with van der Waals surface area (Å²) in [5.74, 6) is 0.699. The molecule has 2 amide bonds. The van der Waals surface area contributed by atoms with Gasteiger partial charge in [0.15, 0.2) is 5.82 Å². The standard InChI is InChI=1S/C28H27N5OS/c1-5-20-17(3)14-22-25(24(20)18-8-6-16(2)7-9-18)35-27(30-22)19-10-11-23-21(15-19)26(31-32(23)4)33-13-12-29-28(33)34/h6-11,14-15H,5,12-13H2,1-4H3,(H,29,34). The molecule has 2 aromatic heterocycles. The van der Waals surface area contributed by atoms with E-state index in [9.17, 15) is 4.79 Å². The molecule has 6 nitrogen and oxygen atoms in total. The molecule has 35 heavy (non-hydrogen) atoms. The van der Waals surface area contributed by atoms with Crippen LogP contribution < -0.4 is 10.2 Å². The van der Waals surface area contributed by atoms with Gasteiger partial charge in [-0.15, -0.1) is 11.3 Å². The third-order valence-corrected chi connectivity index (χ3v) is 8.03. The van der Waals surface area contributed by atoms with Crippen LogP contribution in [0.15, 0.2) is 48.5 Å². The number of aromatic nitrogens is 3. The maximum Gasteiger partial charge on any atom is 0.323 e. The number of amides is 2. The van der Waals surface area contributed by atoms with Crippen LogP contribution in [0.4, 0.5) is 10.6 Å². The van der Waals surface area contributed by atoms with Crippen LogP contribution in [-0.2, 0) is 13.5 Å². The van der Waals surface area contributed by atoms with Gasteiger partial charge in [-0.3, -0.25) is 9.58 Å². The van der Waals surface area contributed by atoms with E-state index >= 15 is 0 Å². The van der Waals surface area contributed by atoms with E-state index in [-0.39, 0.29) is 6.03 Å². The highest BCUT2D eigenvalue weighted by molar-refractivity contribution is 7.22. The van der Waals surface area contributed by atoms with Crippen molar-refractivity contribution >= 4 is 44.3 Å². The van der Waals surface area contributed by atoms with E-state index in [1.54, 1.807) is 16.2 Å². The van der Waals surface area contributed by atoms with Gasteiger partial charge < -0.3 is 5.32 Å². The van der Waals surface area contributed by atoms with Crippen molar-refractivity contribution in [2.75, 3.05) is 18.0 Å². The van der Waals surface area contributed by atoms with Crippen molar-refractivity contribution in [2.45, 2.75) is 27.2 Å². The van der Waals surface area contributed by atoms with Crippen molar-refractivity contribution in [1.29, 1.82) is 0 Å². The molecule has 0 unspecified atom stereocenters. The van der Waals surface area contributed by atoms with E-state index < -0.39 is 0 Å². The molecule has 7 heteroatoms. The van der Waals surface area contributed by atoms with E-state index in [4.69, 9.17) is 4.98 Å². The van der Waals surface area contributed by atoms with Gasteiger partial charge in [0.05, 0.1) is 15.7 Å². The molecule has 176 valence electrons. The normalized spacial score (nSPS) is 13.8. The van der Waals surface area contributed by atoms with Gasteiger partial charge in [-0.2, -0.15) is 5.10 Å². The van der Waals surface area contributed by atoms with Gasteiger partial charge in [0, 0.05) is 36.7 Å². The Labute approximate surface area is 208 Å². The number of hydrogen-bond acceptors (Lipinski definition) is 4. The summed E-state index contributed by atoms with van der Waals surface area (Å²) in [4.78, 5) is 19.1. The number of aryl methyl sites for hydroxylation is 3. The van der Waals surface area contributed by atoms with Crippen molar-refractivity contribution in [3.8, 4) is 21.7 Å². The molecule has 3 heterocycles. The number of carbonyl (C=O) groups is 1. The number of urea groups is 1. The minimum atomic E-state index is -0.0966. The molecule has 0 aliphatic carbocycles. The van der Waals surface area contributed by atoms with Crippen molar-refractivity contribution in [3.05, 3.63) is 65.2 Å². The van der Waals surface area contributed by atoms with Gasteiger partial charge in [0.2, 0.25) is 0 Å². The first kappa shape index (κ1) is 21.8. The Balaban J connectivity index is 1.54. The van der Waals surface area contributed by atoms with E-state index in [2.05, 4.69) is 79.7 Å². The molecule has 1 aliphatic rings. The van der Waals surface area contributed by atoms with Crippen LogP contribution in [0.25, 0.3) is 42.8 Å². The predicted octanol–water partition coefficient (Wildman–Crippen LogP) is 6.23. The average Bonchev–Trinajstić information content (AvgIpc) is 3.55. The molecule has 1 fully saturated rings. The van der Waals surface area contributed by atoms with Gasteiger partial charge in [-0.05, 0) is 61.2 Å². The third-order valence-electron chi connectivity index (χ3n) is 6.90. The SMILES string of the molecule is CCc1c(C)cc2nc(-c3ccc4c(c3)c(N3CCNC3=O)nn4C)sc2c1-c1ccc(C)cc1. The molecule has 0 bridgehead atoms. The molecule has 1 N–H and O–H groups in total. The first-order chi connectivity index (χ1) is 16.9. The molecule has 1 saturated heterocycles. The van der Waals surface area contributed by atoms with Gasteiger partial charge in [-0.25, -0.2) is 9.78 Å². The van der Waals surface area contributed by atoms with Crippen LogP contribution in [0.5, 0.6) is 0 Å². The third kappa shape index (κ3) is 3.49. The predicted molar refractivity (Wildman–Crippen MR) is 144 cm³/mol. The molecule has 6 rings (SSSR count). The Kier molecular flexibility index (Phi) is 5.11. The van der Waals surface area contributed by atoms with Crippen LogP contribution in [-0.4, -0.2) is 33.9 Å². The second kappa shape index (κ2) is 8.20. The second-order valence-corrected chi connectivity index (χ2v) is 10.2. The maximum atomic E-state index is 12.3. The van der Waals surface area contributed by atoms with Gasteiger partial charge >= 0.3 is 6.03 Å². The minimum absolute atomic E-state index is 0.0966. The number of fused-ring (bicyclic) bond motifs is 2. The summed E-state index contributed by atoms with van der Waals surface area (Å²) >= 11 is 1.74. The van der Waals surface area contributed by atoms with Crippen LogP contribution >= 0.6 is 11.3 Å². The number of carbonyl (C=O) groups excluding carboxylic acids is 1. The Bertz CT molecular complexity index is 1610. The topological polar surface area (TPSA) is 63.1 Å². The van der Waals surface area contributed by atoms with Crippen molar-refractivity contribution < 1.29 is 4.79 Å². The number of anilines is 1. The van der Waals surface area contributed by atoms with Crippen molar-refractivity contribution in [3.63, 3.8) is 0 Å². The van der Waals surface area contributed by atoms with Gasteiger partial charge in [0.25, 0.3) is 0 Å². The summed E-state index contributed by atoms with van der Waals surface area (Å²) in [7, 11) is 1.92. The number of rotatable bonds is 4. The molecule has 5 aromatic rings. The number of nitrogens with one attached hydrogen (secondary N) is 1. The Hall–Kier alpha value is -3.71. The minimum Gasteiger partial charge on any atom is -0.336 e. The van der Waals surface area contributed by atoms with Crippen molar-refractivity contribution in [1.82, 2.24) is 20.1 Å². The Morgan fingerprint density at radius 1 is 1.06 bits per heavy atom. The number of hydrogen-bond donors (Lipinski definition) is 1. The lowest BCUT2D eigenvalue weighted by Crippen LogP contribution is -2.28. The fraction of sp³-hybridized carbons (Fsp3) is 0.250. The average molecular weight is 482 g/mol. The molecule has 0 saturated carbocycles. The molecule has 0 spiro atoms. The summed E-state index contributed by atoms with van der Waals surface area (Å²) < 4.78 is 3.06. The van der Waals surface area contributed by atoms with Gasteiger partial charge in [-0.1, -0.05) is 36.8 Å². The maximum absolute atomic E-state index is 12.3. The summed E-state index contributed by atoms with van der Waals surface area (Å²) in [6, 6.07) is 17.2. The second-order valence-electron chi connectivity index (χ2n) is 9.20. The van der Waals surface area contributed by atoms with Crippen LogP contribution in [0.1, 0.15) is 23.6 Å². The summed E-state index contributed by atoms with van der Waals surface area (Å²) in [5.41, 5.74) is 9.50. The van der Waals surface area contributed by atoms with Crippen LogP contribution in [0.2, 0.25) is 0 Å². The zero-order valence-corrected chi connectivity index (χ0v) is 21.2. The number of benzene rings is 3. The fourth-order valence-corrected chi connectivity index (χ4v) is 6.23. The fourth-order valence-electron chi connectivity index (χ4n) is 5.09. The van der Waals surface area contributed by atoms with E-state index in [0.717, 1.165) is 33.4 Å². The summed E-state index contributed by atoms with van der Waals surface area (Å²) in [6.07, 6.45) is 0.973. The zero-order chi connectivity index (χ0) is 24.3. The lowest BCUT2D eigenvalue weighted by Gasteiger charge is -2.13. The lowest BCUT2D eigenvalue weighted by atomic mass is 9.93. The van der Waals surface area contributed by atoms with E-state index in [1.807, 2.05) is 11.7 Å². The molecule has 3 aromatic carbocycles. The Morgan fingerprint density at radius 2 is 1.83 bits per heavy atom. The van der Waals surface area contributed by atoms with Crippen LogP contribution in [0, 0.1) is 13.8 Å². The summed E-state index contributed by atoms with van der Waals surface area (Å²) in [6.45, 7) is 7.78. The quantitative estimate of drug-likeness (QED) is 0.331. The first-order valence-electron chi connectivity index (χ1n) is 12.0. The smallest absolute Gasteiger partial charge is 0.323 e. The molecular formula is C28H27N5OS. The van der Waals surface area contributed by atoms with E-state index in [0.29, 0.717) is 18.9 Å². The largest absolute Gasteiger partial charge is 0.336 e. The lowest BCUT2D eigenvalue weighted by molar-refractivity contribution is 0.252. The number of thiazole rings is 1. The molecule has 0 radical (unpaired) electrons. The Morgan fingerprint density at radius 3 is 2.54 bits per heavy atom. The van der Waals surface area contributed by atoms with Gasteiger partial charge in [0.1, 0.15) is 5.01 Å². The molecular weight excluding hydrogens is 454 g/mol. The molecule has 0 atom stereocenters. The van der Waals surface area contributed by atoms with Crippen molar-refractivity contribution in [2.24, 2.45) is 7.05 Å². The molecule has 1 aliphatic heterocycles. The highest BCUT2D eigenvalue weighted by Crippen LogP contribution is 2.41. The van der Waals surface area contributed by atoms with Crippen LogP contribution in [0.3, 0.4) is 0 Å². The number of nitrogens with zero attached hydrogens (tertiary/aromatic N) is 4. The summed E-state index contributed by atoms with van der Waals surface area (Å²) in [5, 5.41) is 9.47. The first-order valence-corrected chi connectivity index (χ1v) is 12.8. The highest BCUT2D eigenvalue weighted by atomic mass is 32.1. The van der Waals surface area contributed by atoms with E-state index in [1.165, 1.54) is 32.5 Å². The monoisotopic (exact) mass is 481 g/mol. The zero-order valence-electron chi connectivity index (χ0n) is 20.3.